The van der Waals surface area contributed by atoms with Crippen LogP contribution in [0.5, 0.6) is 0 Å². The van der Waals surface area contributed by atoms with Gasteiger partial charge < -0.3 is 9.64 Å². The molecule has 0 spiro atoms. The van der Waals surface area contributed by atoms with Gasteiger partial charge in [-0.15, -0.1) is 0 Å². The average molecular weight is 344 g/mol. The standard InChI is InChI=1S/C18H24N4O3/c1-12-10-16-19-14(11-17(23)22(16)20-12)13-5-7-21(8-6-13)18(24)15-4-2-3-9-25-15/h10-11,13,15,20H,2-9H2,1H3/t15-/m1/s1. The van der Waals surface area contributed by atoms with Gasteiger partial charge in [0.15, 0.2) is 5.65 Å². The Labute approximate surface area is 146 Å². The van der Waals surface area contributed by atoms with Crippen molar-refractivity contribution >= 4 is 11.6 Å². The molecule has 0 saturated carbocycles. The molecule has 2 aliphatic heterocycles. The number of likely N-dealkylation sites (tertiary alicyclic amines) is 1. The minimum absolute atomic E-state index is 0.0813. The van der Waals surface area contributed by atoms with Crippen molar-refractivity contribution in [3.63, 3.8) is 0 Å². The van der Waals surface area contributed by atoms with E-state index in [0.29, 0.717) is 25.3 Å². The molecule has 0 bridgehead atoms. The van der Waals surface area contributed by atoms with Gasteiger partial charge in [0, 0.05) is 43.4 Å². The summed E-state index contributed by atoms with van der Waals surface area (Å²) < 4.78 is 7.09. The van der Waals surface area contributed by atoms with Gasteiger partial charge in [0.05, 0.1) is 5.69 Å². The Hall–Kier alpha value is -2.15. The van der Waals surface area contributed by atoms with E-state index in [2.05, 4.69) is 10.1 Å². The lowest BCUT2D eigenvalue weighted by molar-refractivity contribution is -0.147. The monoisotopic (exact) mass is 344 g/mol. The summed E-state index contributed by atoms with van der Waals surface area (Å²) in [5.41, 5.74) is 2.33. The van der Waals surface area contributed by atoms with Gasteiger partial charge in [-0.2, -0.15) is 0 Å². The van der Waals surface area contributed by atoms with E-state index in [9.17, 15) is 9.59 Å². The maximum atomic E-state index is 12.6. The number of aryl methyl sites for hydroxylation is 1. The molecule has 1 atom stereocenters. The van der Waals surface area contributed by atoms with E-state index in [-0.39, 0.29) is 23.5 Å². The van der Waals surface area contributed by atoms with Crippen molar-refractivity contribution in [3.8, 4) is 0 Å². The van der Waals surface area contributed by atoms with E-state index in [4.69, 9.17) is 4.74 Å². The van der Waals surface area contributed by atoms with Crippen LogP contribution in [0.15, 0.2) is 16.9 Å². The van der Waals surface area contributed by atoms with Crippen molar-refractivity contribution in [3.05, 3.63) is 33.9 Å². The summed E-state index contributed by atoms with van der Waals surface area (Å²) in [5, 5.41) is 2.99. The lowest BCUT2D eigenvalue weighted by Crippen LogP contribution is -2.45. The number of hydrogen-bond acceptors (Lipinski definition) is 4. The second kappa shape index (κ2) is 6.63. The van der Waals surface area contributed by atoms with Crippen molar-refractivity contribution in [1.82, 2.24) is 19.5 Å². The first-order valence-corrected chi connectivity index (χ1v) is 9.11. The van der Waals surface area contributed by atoms with Crippen LogP contribution < -0.4 is 5.56 Å². The van der Waals surface area contributed by atoms with Crippen molar-refractivity contribution in [2.75, 3.05) is 19.7 Å². The van der Waals surface area contributed by atoms with Gasteiger partial charge >= 0.3 is 0 Å². The van der Waals surface area contributed by atoms with Crippen LogP contribution in [0.4, 0.5) is 0 Å². The Bertz CT molecular complexity index is 826. The van der Waals surface area contributed by atoms with Crippen LogP contribution in [-0.4, -0.2) is 51.2 Å². The van der Waals surface area contributed by atoms with Gasteiger partial charge in [0.1, 0.15) is 6.10 Å². The number of piperidine rings is 1. The summed E-state index contributed by atoms with van der Waals surface area (Å²) in [7, 11) is 0. The topological polar surface area (TPSA) is 79.7 Å². The summed E-state index contributed by atoms with van der Waals surface area (Å²) >= 11 is 0. The van der Waals surface area contributed by atoms with Crippen molar-refractivity contribution in [2.45, 2.75) is 51.0 Å². The number of aromatic amines is 1. The number of nitrogens with zero attached hydrogens (tertiary/aromatic N) is 3. The molecule has 0 unspecified atom stereocenters. The summed E-state index contributed by atoms with van der Waals surface area (Å²) in [6.07, 6.45) is 4.37. The highest BCUT2D eigenvalue weighted by molar-refractivity contribution is 5.81. The van der Waals surface area contributed by atoms with E-state index >= 15 is 0 Å². The zero-order valence-corrected chi connectivity index (χ0v) is 14.5. The maximum absolute atomic E-state index is 12.6. The van der Waals surface area contributed by atoms with Crippen LogP contribution in [0.2, 0.25) is 0 Å². The van der Waals surface area contributed by atoms with Gasteiger partial charge in [-0.05, 0) is 39.0 Å². The molecule has 0 aliphatic carbocycles. The fourth-order valence-corrected chi connectivity index (χ4v) is 3.87. The number of hydrogen-bond donors (Lipinski definition) is 1. The zero-order valence-electron chi connectivity index (χ0n) is 14.5. The molecule has 134 valence electrons. The normalized spacial score (nSPS) is 22.4. The summed E-state index contributed by atoms with van der Waals surface area (Å²) in [6.45, 7) is 4.01. The molecular weight excluding hydrogens is 320 g/mol. The number of carbonyl (C=O) groups is 1. The Morgan fingerprint density at radius 3 is 2.76 bits per heavy atom. The third-order valence-electron chi connectivity index (χ3n) is 5.28. The smallest absolute Gasteiger partial charge is 0.272 e. The second-order valence-electron chi connectivity index (χ2n) is 7.11. The maximum Gasteiger partial charge on any atom is 0.272 e. The molecule has 2 fully saturated rings. The molecule has 2 aromatic heterocycles. The molecule has 0 radical (unpaired) electrons. The number of ether oxygens (including phenoxy) is 1. The third-order valence-corrected chi connectivity index (χ3v) is 5.28. The van der Waals surface area contributed by atoms with E-state index in [1.54, 1.807) is 6.07 Å². The molecule has 2 aromatic rings. The molecule has 1 N–H and O–H groups in total. The van der Waals surface area contributed by atoms with E-state index in [1.165, 1.54) is 4.52 Å². The Kier molecular flexibility index (Phi) is 4.33. The molecule has 2 aliphatic rings. The van der Waals surface area contributed by atoms with Gasteiger partial charge in [-0.25, -0.2) is 9.50 Å². The van der Waals surface area contributed by atoms with Gasteiger partial charge in [0.2, 0.25) is 0 Å². The Balaban J connectivity index is 1.45. The van der Waals surface area contributed by atoms with Crippen LogP contribution in [0, 0.1) is 6.92 Å². The number of fused-ring (bicyclic) bond motifs is 1. The van der Waals surface area contributed by atoms with E-state index in [1.807, 2.05) is 17.9 Å². The lowest BCUT2D eigenvalue weighted by atomic mass is 9.92. The SMILES string of the molecule is Cc1cc2nc(C3CCN(C(=O)[C@H]4CCCCO4)CC3)cc(=O)n2[nH]1. The number of nitrogens with one attached hydrogen (secondary N) is 1. The highest BCUT2D eigenvalue weighted by Gasteiger charge is 2.30. The molecule has 25 heavy (non-hydrogen) atoms. The van der Waals surface area contributed by atoms with Crippen LogP contribution in [0.25, 0.3) is 5.65 Å². The van der Waals surface area contributed by atoms with Gasteiger partial charge in [0.25, 0.3) is 11.5 Å². The highest BCUT2D eigenvalue weighted by atomic mass is 16.5. The predicted octanol–water partition coefficient (Wildman–Crippen LogP) is 1.61. The second-order valence-corrected chi connectivity index (χ2v) is 7.11. The van der Waals surface area contributed by atoms with Crippen LogP contribution in [0.3, 0.4) is 0 Å². The molecule has 4 rings (SSSR count). The molecule has 7 heteroatoms. The first kappa shape index (κ1) is 16.3. The minimum Gasteiger partial charge on any atom is -0.368 e. The third kappa shape index (κ3) is 3.20. The fourth-order valence-electron chi connectivity index (χ4n) is 3.87. The molecule has 2 saturated heterocycles. The first-order chi connectivity index (χ1) is 12.1. The zero-order chi connectivity index (χ0) is 17.4. The number of carbonyl (C=O) groups excluding carboxylic acids is 1. The quantitative estimate of drug-likeness (QED) is 0.897. The van der Waals surface area contributed by atoms with Gasteiger partial charge in [-0.1, -0.05) is 0 Å². The van der Waals surface area contributed by atoms with Crippen LogP contribution in [0.1, 0.15) is 49.4 Å². The van der Waals surface area contributed by atoms with Crippen LogP contribution >= 0.6 is 0 Å². The van der Waals surface area contributed by atoms with Crippen LogP contribution in [-0.2, 0) is 9.53 Å². The van der Waals surface area contributed by atoms with Crippen molar-refractivity contribution < 1.29 is 9.53 Å². The largest absolute Gasteiger partial charge is 0.368 e. The van der Waals surface area contributed by atoms with Crippen molar-refractivity contribution in [2.24, 2.45) is 0 Å². The van der Waals surface area contributed by atoms with Crippen molar-refractivity contribution in [1.29, 1.82) is 0 Å². The summed E-state index contributed by atoms with van der Waals surface area (Å²) in [5.74, 6) is 0.354. The summed E-state index contributed by atoms with van der Waals surface area (Å²) in [4.78, 5) is 31.4. The highest BCUT2D eigenvalue weighted by Crippen LogP contribution is 2.27. The molecule has 4 heterocycles. The van der Waals surface area contributed by atoms with E-state index in [0.717, 1.165) is 43.5 Å². The van der Waals surface area contributed by atoms with E-state index < -0.39 is 0 Å². The predicted molar refractivity (Wildman–Crippen MR) is 92.7 cm³/mol. The minimum atomic E-state index is -0.257. The molecule has 7 nitrogen and oxygen atoms in total. The number of H-pyrrole nitrogens is 1. The Morgan fingerprint density at radius 2 is 2.04 bits per heavy atom. The van der Waals surface area contributed by atoms with Gasteiger partial charge in [-0.3, -0.25) is 14.7 Å². The number of rotatable bonds is 2. The molecule has 0 aromatic carbocycles. The lowest BCUT2D eigenvalue weighted by Gasteiger charge is -2.34. The fraction of sp³-hybridized carbons (Fsp3) is 0.611. The first-order valence-electron chi connectivity index (χ1n) is 9.11. The molecule has 1 amide bonds. The average Bonchev–Trinajstić information content (AvgIpc) is 3.03. The molecular formula is C18H24N4O3. The Morgan fingerprint density at radius 1 is 1.24 bits per heavy atom. The number of aromatic nitrogens is 3. The summed E-state index contributed by atoms with van der Waals surface area (Å²) in [6, 6.07) is 3.50. The number of amides is 1.